The van der Waals surface area contributed by atoms with Crippen LogP contribution in [-0.4, -0.2) is 30.6 Å². The first-order chi connectivity index (χ1) is 9.60. The number of hydrogen-bond donors (Lipinski definition) is 1. The fourth-order valence-corrected chi connectivity index (χ4v) is 2.40. The van der Waals surface area contributed by atoms with Crippen LogP contribution in [0.1, 0.15) is 50.4 Å². The van der Waals surface area contributed by atoms with Crippen LogP contribution >= 0.6 is 0 Å². The molecule has 6 heteroatoms. The van der Waals surface area contributed by atoms with Crippen LogP contribution < -0.4 is 5.73 Å². The van der Waals surface area contributed by atoms with Crippen molar-refractivity contribution in [2.45, 2.75) is 52.1 Å². The van der Waals surface area contributed by atoms with Gasteiger partial charge in [-0.1, -0.05) is 20.8 Å². The Kier molecular flexibility index (Phi) is 4.54. The molecule has 2 heterocycles. The Labute approximate surface area is 120 Å². The van der Waals surface area contributed by atoms with E-state index in [0.29, 0.717) is 0 Å². The van der Waals surface area contributed by atoms with E-state index < -0.39 is 0 Å². The second kappa shape index (κ2) is 6.17. The number of nitrogens with two attached hydrogens (primary N) is 1. The zero-order valence-corrected chi connectivity index (χ0v) is 12.7. The molecule has 2 aromatic heterocycles. The standard InChI is InChI=1S/C14H24N6/c1-5-11(15)14(10-8-16-19(4)9-10)20-13(7-3)17-12(6-2)18-20/h8-9,11,14H,5-7,15H2,1-4H3. The van der Waals surface area contributed by atoms with Crippen LogP contribution in [0.3, 0.4) is 0 Å². The predicted molar refractivity (Wildman–Crippen MR) is 78.4 cm³/mol. The monoisotopic (exact) mass is 276 g/mol. The van der Waals surface area contributed by atoms with Gasteiger partial charge in [0.15, 0.2) is 5.82 Å². The van der Waals surface area contributed by atoms with Gasteiger partial charge in [-0.3, -0.25) is 4.68 Å². The maximum atomic E-state index is 6.34. The molecule has 2 unspecified atom stereocenters. The molecular formula is C14H24N6. The van der Waals surface area contributed by atoms with Crippen LogP contribution in [0.15, 0.2) is 12.4 Å². The van der Waals surface area contributed by atoms with E-state index >= 15 is 0 Å². The molecule has 20 heavy (non-hydrogen) atoms. The third-order valence-corrected chi connectivity index (χ3v) is 3.59. The molecule has 0 bridgehead atoms. The highest BCUT2D eigenvalue weighted by Gasteiger charge is 2.25. The first-order valence-corrected chi connectivity index (χ1v) is 7.29. The van der Waals surface area contributed by atoms with Gasteiger partial charge in [-0.25, -0.2) is 9.67 Å². The van der Waals surface area contributed by atoms with E-state index in [1.807, 2.05) is 24.1 Å². The SMILES string of the molecule is CCc1nc(CC)n(C(c2cnn(C)c2)C(N)CC)n1. The van der Waals surface area contributed by atoms with E-state index in [4.69, 9.17) is 5.73 Å². The van der Waals surface area contributed by atoms with E-state index in [2.05, 4.69) is 36.0 Å². The van der Waals surface area contributed by atoms with Crippen molar-refractivity contribution in [3.8, 4) is 0 Å². The first kappa shape index (κ1) is 14.7. The molecule has 2 aromatic rings. The van der Waals surface area contributed by atoms with Crippen LogP contribution in [0.4, 0.5) is 0 Å². The second-order valence-electron chi connectivity index (χ2n) is 5.06. The lowest BCUT2D eigenvalue weighted by Crippen LogP contribution is -2.34. The summed E-state index contributed by atoms with van der Waals surface area (Å²) in [6.07, 6.45) is 6.44. The topological polar surface area (TPSA) is 74.5 Å². The Morgan fingerprint density at radius 3 is 2.50 bits per heavy atom. The van der Waals surface area contributed by atoms with Gasteiger partial charge in [-0.15, -0.1) is 0 Å². The van der Waals surface area contributed by atoms with Gasteiger partial charge in [0, 0.05) is 37.7 Å². The second-order valence-corrected chi connectivity index (χ2v) is 5.06. The molecule has 0 radical (unpaired) electrons. The molecule has 0 fully saturated rings. The molecule has 0 amide bonds. The molecule has 110 valence electrons. The van der Waals surface area contributed by atoms with Crippen LogP contribution in [0.25, 0.3) is 0 Å². The maximum absolute atomic E-state index is 6.34. The molecule has 0 saturated carbocycles. The third kappa shape index (κ3) is 2.75. The number of hydrogen-bond acceptors (Lipinski definition) is 4. The minimum atomic E-state index is -0.00379. The number of aromatic nitrogens is 5. The average Bonchev–Trinajstić information content (AvgIpc) is 3.05. The van der Waals surface area contributed by atoms with Crippen molar-refractivity contribution in [1.82, 2.24) is 24.5 Å². The summed E-state index contributed by atoms with van der Waals surface area (Å²) < 4.78 is 3.79. The lowest BCUT2D eigenvalue weighted by Gasteiger charge is -2.23. The summed E-state index contributed by atoms with van der Waals surface area (Å²) in [5.41, 5.74) is 7.43. The van der Waals surface area contributed by atoms with Gasteiger partial charge in [0.2, 0.25) is 0 Å². The van der Waals surface area contributed by atoms with E-state index in [1.165, 1.54) is 0 Å². The lowest BCUT2D eigenvalue weighted by molar-refractivity contribution is 0.409. The quantitative estimate of drug-likeness (QED) is 0.867. The van der Waals surface area contributed by atoms with Crippen molar-refractivity contribution in [3.63, 3.8) is 0 Å². The zero-order valence-electron chi connectivity index (χ0n) is 12.7. The van der Waals surface area contributed by atoms with Gasteiger partial charge in [-0.2, -0.15) is 10.2 Å². The van der Waals surface area contributed by atoms with Crippen molar-refractivity contribution in [2.75, 3.05) is 0 Å². The molecule has 0 spiro atoms. The summed E-state index contributed by atoms with van der Waals surface area (Å²) in [6.45, 7) is 6.26. The number of rotatable bonds is 6. The van der Waals surface area contributed by atoms with Gasteiger partial charge < -0.3 is 5.73 Å². The Morgan fingerprint density at radius 1 is 1.25 bits per heavy atom. The zero-order chi connectivity index (χ0) is 14.7. The van der Waals surface area contributed by atoms with Gasteiger partial charge in [-0.05, 0) is 6.42 Å². The molecule has 2 N–H and O–H groups in total. The first-order valence-electron chi connectivity index (χ1n) is 7.29. The normalized spacial score (nSPS) is 14.4. The van der Waals surface area contributed by atoms with Gasteiger partial charge >= 0.3 is 0 Å². The Bertz CT molecular complexity index is 556. The van der Waals surface area contributed by atoms with E-state index in [1.54, 1.807) is 4.68 Å². The van der Waals surface area contributed by atoms with Crippen molar-refractivity contribution in [1.29, 1.82) is 0 Å². The molecule has 0 aliphatic carbocycles. The van der Waals surface area contributed by atoms with Gasteiger partial charge in [0.1, 0.15) is 5.82 Å². The smallest absolute Gasteiger partial charge is 0.150 e. The Morgan fingerprint density at radius 2 is 2.00 bits per heavy atom. The molecule has 0 aliphatic heterocycles. The summed E-state index contributed by atoms with van der Waals surface area (Å²) in [5, 5.41) is 8.90. The molecular weight excluding hydrogens is 252 g/mol. The number of nitrogens with zero attached hydrogens (tertiary/aromatic N) is 5. The van der Waals surface area contributed by atoms with E-state index in [-0.39, 0.29) is 12.1 Å². The summed E-state index contributed by atoms with van der Waals surface area (Å²) in [7, 11) is 1.91. The molecule has 2 rings (SSSR count). The van der Waals surface area contributed by atoms with Crippen LogP contribution in [0, 0.1) is 0 Å². The predicted octanol–water partition coefficient (Wildman–Crippen LogP) is 1.46. The van der Waals surface area contributed by atoms with Crippen molar-refractivity contribution in [3.05, 3.63) is 29.6 Å². The highest BCUT2D eigenvalue weighted by atomic mass is 15.4. The third-order valence-electron chi connectivity index (χ3n) is 3.59. The van der Waals surface area contributed by atoms with Crippen molar-refractivity contribution in [2.24, 2.45) is 12.8 Å². The van der Waals surface area contributed by atoms with Gasteiger partial charge in [0.25, 0.3) is 0 Å². The highest BCUT2D eigenvalue weighted by Crippen LogP contribution is 2.23. The molecule has 0 aromatic carbocycles. The fourth-order valence-electron chi connectivity index (χ4n) is 2.40. The highest BCUT2D eigenvalue weighted by molar-refractivity contribution is 5.16. The summed E-state index contributed by atoms with van der Waals surface area (Å²) >= 11 is 0. The number of aryl methyl sites for hydroxylation is 3. The Hall–Kier alpha value is -1.69. The minimum absolute atomic E-state index is 0.00329. The van der Waals surface area contributed by atoms with Crippen LogP contribution in [0.5, 0.6) is 0 Å². The molecule has 0 saturated heterocycles. The Balaban J connectivity index is 2.48. The van der Waals surface area contributed by atoms with Crippen molar-refractivity contribution >= 4 is 0 Å². The van der Waals surface area contributed by atoms with Gasteiger partial charge in [0.05, 0.1) is 12.2 Å². The summed E-state index contributed by atoms with van der Waals surface area (Å²) in [6, 6.07) is -0.00708. The molecule has 0 aliphatic rings. The van der Waals surface area contributed by atoms with Crippen LogP contribution in [-0.2, 0) is 19.9 Å². The molecule has 2 atom stereocenters. The summed E-state index contributed by atoms with van der Waals surface area (Å²) in [5.74, 6) is 1.86. The maximum Gasteiger partial charge on any atom is 0.150 e. The van der Waals surface area contributed by atoms with Crippen LogP contribution in [0.2, 0.25) is 0 Å². The van der Waals surface area contributed by atoms with E-state index in [0.717, 1.165) is 36.5 Å². The lowest BCUT2D eigenvalue weighted by atomic mass is 10.0. The average molecular weight is 276 g/mol. The van der Waals surface area contributed by atoms with Crippen molar-refractivity contribution < 1.29 is 0 Å². The summed E-state index contributed by atoms with van der Waals surface area (Å²) in [4.78, 5) is 4.59. The molecule has 6 nitrogen and oxygen atoms in total. The fraction of sp³-hybridized carbons (Fsp3) is 0.643. The largest absolute Gasteiger partial charge is 0.326 e. The van der Waals surface area contributed by atoms with E-state index in [9.17, 15) is 0 Å². The minimum Gasteiger partial charge on any atom is -0.326 e.